The third-order valence-corrected chi connectivity index (χ3v) is 4.05. The molecular weight excluding hydrogens is 304 g/mol. The van der Waals surface area contributed by atoms with Gasteiger partial charge in [0.05, 0.1) is 11.2 Å². The number of hydrogen-bond acceptors (Lipinski definition) is 5. The second kappa shape index (κ2) is 6.19. The van der Waals surface area contributed by atoms with E-state index in [2.05, 4.69) is 9.88 Å². The van der Waals surface area contributed by atoms with Gasteiger partial charge in [0.2, 0.25) is 0 Å². The van der Waals surface area contributed by atoms with E-state index in [1.807, 2.05) is 45.0 Å². The molecule has 128 valence electrons. The van der Waals surface area contributed by atoms with Crippen molar-refractivity contribution in [1.82, 2.24) is 9.88 Å². The first-order valence-electron chi connectivity index (χ1n) is 8.21. The molecule has 1 amide bonds. The number of nitrogens with zero attached hydrogens (tertiary/aromatic N) is 3. The second-order valence-electron chi connectivity index (χ2n) is 7.03. The maximum absolute atomic E-state index is 12.2. The summed E-state index contributed by atoms with van der Waals surface area (Å²) in [7, 11) is 0. The minimum Gasteiger partial charge on any atom is -0.444 e. The van der Waals surface area contributed by atoms with Crippen LogP contribution >= 0.6 is 0 Å². The number of carbonyl (C=O) groups excluding carboxylic acids is 1. The summed E-state index contributed by atoms with van der Waals surface area (Å²) in [4.78, 5) is 20.7. The number of amides is 1. The molecule has 6 heteroatoms. The molecule has 2 aromatic rings. The molecule has 2 N–H and O–H groups in total. The van der Waals surface area contributed by atoms with Crippen LogP contribution < -0.4 is 10.6 Å². The summed E-state index contributed by atoms with van der Waals surface area (Å²) in [6.45, 7) is 8.40. The van der Waals surface area contributed by atoms with Crippen molar-refractivity contribution in [2.24, 2.45) is 0 Å². The minimum absolute atomic E-state index is 0.248. The molecule has 2 heterocycles. The van der Waals surface area contributed by atoms with Gasteiger partial charge in [-0.05, 0) is 45.0 Å². The molecule has 0 spiro atoms. The lowest BCUT2D eigenvalue weighted by molar-refractivity contribution is 0.0241. The van der Waals surface area contributed by atoms with Crippen molar-refractivity contribution in [3.63, 3.8) is 0 Å². The Balaban J connectivity index is 1.74. The van der Waals surface area contributed by atoms with Gasteiger partial charge in [0.25, 0.3) is 0 Å². The quantitative estimate of drug-likeness (QED) is 0.815. The van der Waals surface area contributed by atoms with E-state index in [4.69, 9.17) is 10.5 Å². The van der Waals surface area contributed by atoms with Gasteiger partial charge >= 0.3 is 6.09 Å². The highest BCUT2D eigenvalue weighted by molar-refractivity contribution is 5.98. The Morgan fingerprint density at radius 1 is 1.17 bits per heavy atom. The van der Waals surface area contributed by atoms with Crippen molar-refractivity contribution in [3.05, 3.63) is 30.5 Å². The summed E-state index contributed by atoms with van der Waals surface area (Å²) >= 11 is 0. The van der Waals surface area contributed by atoms with Crippen molar-refractivity contribution in [2.75, 3.05) is 36.8 Å². The van der Waals surface area contributed by atoms with E-state index < -0.39 is 5.60 Å². The van der Waals surface area contributed by atoms with Crippen LogP contribution in [0.25, 0.3) is 10.9 Å². The first-order valence-corrected chi connectivity index (χ1v) is 8.21. The number of carbonyl (C=O) groups is 1. The topological polar surface area (TPSA) is 71.7 Å². The number of fused-ring (bicyclic) bond motifs is 1. The van der Waals surface area contributed by atoms with E-state index in [1.165, 1.54) is 0 Å². The number of piperazine rings is 1. The number of nitrogen functional groups attached to an aromatic ring is 1. The lowest BCUT2D eigenvalue weighted by atomic mass is 10.1. The van der Waals surface area contributed by atoms with Crippen LogP contribution in [-0.2, 0) is 4.74 Å². The van der Waals surface area contributed by atoms with Crippen LogP contribution in [0.1, 0.15) is 20.8 Å². The molecule has 24 heavy (non-hydrogen) atoms. The highest BCUT2D eigenvalue weighted by Crippen LogP contribution is 2.29. The average molecular weight is 328 g/mol. The molecule has 0 atom stereocenters. The van der Waals surface area contributed by atoms with Crippen molar-refractivity contribution in [1.29, 1.82) is 0 Å². The molecule has 1 fully saturated rings. The summed E-state index contributed by atoms with van der Waals surface area (Å²) in [6, 6.07) is 7.80. The molecule has 0 aliphatic carbocycles. The molecule has 1 aromatic heterocycles. The van der Waals surface area contributed by atoms with E-state index in [0.717, 1.165) is 35.4 Å². The Morgan fingerprint density at radius 3 is 2.54 bits per heavy atom. The van der Waals surface area contributed by atoms with Gasteiger partial charge in [0.15, 0.2) is 0 Å². The second-order valence-corrected chi connectivity index (χ2v) is 7.03. The molecule has 1 aromatic carbocycles. The van der Waals surface area contributed by atoms with Gasteiger partial charge in [-0.15, -0.1) is 0 Å². The zero-order chi connectivity index (χ0) is 17.3. The number of nitrogens with two attached hydrogens (primary N) is 1. The van der Waals surface area contributed by atoms with Crippen LogP contribution in [0.2, 0.25) is 0 Å². The number of pyridine rings is 1. The predicted molar refractivity (Wildman–Crippen MR) is 96.2 cm³/mol. The predicted octanol–water partition coefficient (Wildman–Crippen LogP) is 2.87. The third kappa shape index (κ3) is 3.37. The Kier molecular flexibility index (Phi) is 4.22. The first kappa shape index (κ1) is 16.4. The number of rotatable bonds is 1. The van der Waals surface area contributed by atoms with Gasteiger partial charge in [-0.3, -0.25) is 4.98 Å². The lowest BCUT2D eigenvalue weighted by Gasteiger charge is -2.37. The third-order valence-electron chi connectivity index (χ3n) is 4.05. The van der Waals surface area contributed by atoms with Crippen LogP contribution in [-0.4, -0.2) is 47.8 Å². The smallest absolute Gasteiger partial charge is 0.410 e. The van der Waals surface area contributed by atoms with E-state index in [0.29, 0.717) is 13.1 Å². The van der Waals surface area contributed by atoms with Crippen molar-refractivity contribution in [2.45, 2.75) is 26.4 Å². The molecule has 3 rings (SSSR count). The lowest BCUT2D eigenvalue weighted by Crippen LogP contribution is -2.50. The zero-order valence-electron chi connectivity index (χ0n) is 14.5. The van der Waals surface area contributed by atoms with Gasteiger partial charge in [0.1, 0.15) is 5.60 Å². The van der Waals surface area contributed by atoms with Crippen LogP contribution in [0.5, 0.6) is 0 Å². The van der Waals surface area contributed by atoms with Gasteiger partial charge in [-0.25, -0.2) is 4.79 Å². The number of ether oxygens (including phenoxy) is 1. The van der Waals surface area contributed by atoms with Crippen LogP contribution in [0.4, 0.5) is 16.2 Å². The monoisotopic (exact) mass is 328 g/mol. The van der Waals surface area contributed by atoms with Crippen molar-refractivity contribution in [3.8, 4) is 0 Å². The van der Waals surface area contributed by atoms with Gasteiger partial charge < -0.3 is 20.3 Å². The summed E-state index contributed by atoms with van der Waals surface area (Å²) in [5.41, 5.74) is 8.28. The molecule has 0 bridgehead atoms. The fraction of sp³-hybridized carbons (Fsp3) is 0.444. The van der Waals surface area contributed by atoms with Crippen molar-refractivity contribution < 1.29 is 9.53 Å². The Morgan fingerprint density at radius 2 is 1.88 bits per heavy atom. The number of anilines is 2. The maximum atomic E-state index is 12.2. The zero-order valence-corrected chi connectivity index (χ0v) is 14.5. The Labute approximate surface area is 142 Å². The standard InChI is InChI=1S/C18H24N4O2/c1-18(2,3)24-17(23)22-11-9-21(10-12-22)15-7-6-14(19)13-5-4-8-20-16(13)15/h4-8H,9-12,19H2,1-3H3. The van der Waals surface area contributed by atoms with Gasteiger partial charge in [-0.2, -0.15) is 0 Å². The maximum Gasteiger partial charge on any atom is 0.410 e. The Hall–Kier alpha value is -2.50. The van der Waals surface area contributed by atoms with Gasteiger partial charge in [-0.1, -0.05) is 0 Å². The average Bonchev–Trinajstić information content (AvgIpc) is 2.54. The molecule has 0 unspecified atom stereocenters. The fourth-order valence-electron chi connectivity index (χ4n) is 2.89. The SMILES string of the molecule is CC(C)(C)OC(=O)N1CCN(c2ccc(N)c3cccnc23)CC1. The van der Waals surface area contributed by atoms with E-state index >= 15 is 0 Å². The Bertz CT molecular complexity index is 746. The first-order chi connectivity index (χ1) is 11.3. The molecule has 1 aliphatic rings. The molecule has 6 nitrogen and oxygen atoms in total. The molecule has 0 saturated carbocycles. The fourth-order valence-corrected chi connectivity index (χ4v) is 2.89. The number of benzene rings is 1. The molecule has 0 radical (unpaired) electrons. The number of hydrogen-bond donors (Lipinski definition) is 1. The van der Waals surface area contributed by atoms with Crippen LogP contribution in [0.15, 0.2) is 30.5 Å². The highest BCUT2D eigenvalue weighted by atomic mass is 16.6. The van der Waals surface area contributed by atoms with E-state index in [1.54, 1.807) is 11.1 Å². The van der Waals surface area contributed by atoms with Gasteiger partial charge in [0, 0.05) is 43.4 Å². The molecule has 1 saturated heterocycles. The summed E-state index contributed by atoms with van der Waals surface area (Å²) in [5.74, 6) is 0. The normalized spacial score (nSPS) is 15.6. The summed E-state index contributed by atoms with van der Waals surface area (Å²) < 4.78 is 5.44. The minimum atomic E-state index is -0.467. The molecule has 1 aliphatic heterocycles. The van der Waals surface area contributed by atoms with Crippen molar-refractivity contribution >= 4 is 28.4 Å². The van der Waals surface area contributed by atoms with Crippen LogP contribution in [0.3, 0.4) is 0 Å². The largest absolute Gasteiger partial charge is 0.444 e. The number of aromatic nitrogens is 1. The van der Waals surface area contributed by atoms with E-state index in [9.17, 15) is 4.79 Å². The summed E-state index contributed by atoms with van der Waals surface area (Å²) in [6.07, 6.45) is 1.53. The highest BCUT2D eigenvalue weighted by Gasteiger charge is 2.26. The van der Waals surface area contributed by atoms with Crippen LogP contribution in [0, 0.1) is 0 Å². The summed E-state index contributed by atoms with van der Waals surface area (Å²) in [5, 5.41) is 0.963. The van der Waals surface area contributed by atoms with E-state index in [-0.39, 0.29) is 6.09 Å². The molecular formula is C18H24N4O2.